The number of imidazole rings is 1. The number of hydrogen-bond donors (Lipinski definition) is 1. The second-order valence-corrected chi connectivity index (χ2v) is 4.37. The van der Waals surface area contributed by atoms with Gasteiger partial charge < -0.3 is 26.7 Å². The van der Waals surface area contributed by atoms with Gasteiger partial charge in [0, 0.05) is 5.56 Å². The molecule has 0 aliphatic rings. The lowest BCUT2D eigenvalue weighted by Crippen LogP contribution is -3.00. The Hall–Kier alpha value is -2.08. The first-order valence-corrected chi connectivity index (χ1v) is 5.93. The highest BCUT2D eigenvalue weighted by Gasteiger charge is 2.13. The Labute approximate surface area is 126 Å². The number of H-pyrrole nitrogens is 1. The summed E-state index contributed by atoms with van der Waals surface area (Å²) >= 11 is 0. The molecule has 3 aromatic rings. The minimum absolute atomic E-state index is 0. The standard InChI is InChI=1S/C14H13N3O2.BrH/c1-16-6-7-17-9-12(15-13(18)14(16)17)10-4-3-5-11(8-10)19-2;/h3-9H,1-2H3;1H. The van der Waals surface area contributed by atoms with E-state index in [1.807, 2.05) is 54.3 Å². The number of aromatic nitrogens is 3. The number of aryl methyl sites for hydroxylation is 1. The van der Waals surface area contributed by atoms with Gasteiger partial charge in [-0.1, -0.05) is 12.1 Å². The number of benzene rings is 1. The van der Waals surface area contributed by atoms with Crippen molar-refractivity contribution in [2.45, 2.75) is 0 Å². The maximum atomic E-state index is 12.1. The second-order valence-electron chi connectivity index (χ2n) is 4.37. The highest BCUT2D eigenvalue weighted by molar-refractivity contribution is 5.61. The number of ether oxygens (including phenoxy) is 1. The van der Waals surface area contributed by atoms with Gasteiger partial charge in [0.05, 0.1) is 19.9 Å². The van der Waals surface area contributed by atoms with E-state index in [-0.39, 0.29) is 22.5 Å². The average Bonchev–Trinajstić information content (AvgIpc) is 2.81. The molecule has 5 nitrogen and oxygen atoms in total. The molecule has 0 bridgehead atoms. The van der Waals surface area contributed by atoms with Crippen LogP contribution in [0.5, 0.6) is 5.75 Å². The van der Waals surface area contributed by atoms with Crippen LogP contribution in [-0.2, 0) is 7.05 Å². The molecule has 2 aromatic heterocycles. The Bertz CT molecular complexity index is 808. The van der Waals surface area contributed by atoms with E-state index in [1.54, 1.807) is 11.7 Å². The number of rotatable bonds is 2. The van der Waals surface area contributed by atoms with Gasteiger partial charge in [0.25, 0.3) is 0 Å². The summed E-state index contributed by atoms with van der Waals surface area (Å²) in [6, 6.07) is 7.59. The van der Waals surface area contributed by atoms with E-state index in [9.17, 15) is 4.79 Å². The minimum Gasteiger partial charge on any atom is -1.00 e. The summed E-state index contributed by atoms with van der Waals surface area (Å²) < 4.78 is 8.79. The van der Waals surface area contributed by atoms with Gasteiger partial charge >= 0.3 is 11.2 Å². The van der Waals surface area contributed by atoms with Crippen LogP contribution in [0, 0.1) is 0 Å². The largest absolute Gasteiger partial charge is 1.00 e. The molecule has 0 fully saturated rings. The Balaban J connectivity index is 0.00000147. The molecule has 104 valence electrons. The smallest absolute Gasteiger partial charge is 0.352 e. The van der Waals surface area contributed by atoms with Gasteiger partial charge in [-0.3, -0.25) is 4.79 Å². The summed E-state index contributed by atoms with van der Waals surface area (Å²) in [4.78, 5) is 15.0. The van der Waals surface area contributed by atoms with Crippen LogP contribution >= 0.6 is 0 Å². The quantitative estimate of drug-likeness (QED) is 0.558. The van der Waals surface area contributed by atoms with Crippen LogP contribution < -0.4 is 31.8 Å². The van der Waals surface area contributed by atoms with Crippen LogP contribution in [0.1, 0.15) is 0 Å². The third kappa shape index (κ3) is 2.34. The number of hydrogen-bond acceptors (Lipinski definition) is 2. The predicted octanol–water partition coefficient (Wildman–Crippen LogP) is -1.87. The van der Waals surface area contributed by atoms with E-state index in [0.717, 1.165) is 17.0 Å². The number of fused-ring (bicyclic) bond motifs is 1. The van der Waals surface area contributed by atoms with Gasteiger partial charge in [-0.25, -0.2) is 4.57 Å². The Morgan fingerprint density at radius 1 is 1.35 bits per heavy atom. The second kappa shape index (κ2) is 5.50. The zero-order valence-electron chi connectivity index (χ0n) is 11.1. The van der Waals surface area contributed by atoms with E-state index < -0.39 is 0 Å². The van der Waals surface area contributed by atoms with Crippen molar-refractivity contribution < 1.29 is 26.3 Å². The molecule has 20 heavy (non-hydrogen) atoms. The summed E-state index contributed by atoms with van der Waals surface area (Å²) in [5.74, 6) is 0.761. The molecule has 1 aromatic carbocycles. The van der Waals surface area contributed by atoms with Crippen molar-refractivity contribution in [2.24, 2.45) is 7.05 Å². The fraction of sp³-hybridized carbons (Fsp3) is 0.143. The average molecular weight is 336 g/mol. The van der Waals surface area contributed by atoms with E-state index in [0.29, 0.717) is 5.65 Å². The van der Waals surface area contributed by atoms with Crippen LogP contribution in [0.3, 0.4) is 0 Å². The van der Waals surface area contributed by atoms with Gasteiger partial charge in [0.1, 0.15) is 24.3 Å². The highest BCUT2D eigenvalue weighted by Crippen LogP contribution is 2.21. The van der Waals surface area contributed by atoms with Crippen molar-refractivity contribution in [3.8, 4) is 17.0 Å². The predicted molar refractivity (Wildman–Crippen MR) is 71.2 cm³/mol. The van der Waals surface area contributed by atoms with Crippen molar-refractivity contribution in [1.82, 2.24) is 9.38 Å². The molecule has 0 radical (unpaired) electrons. The van der Waals surface area contributed by atoms with Crippen LogP contribution in [-0.4, -0.2) is 16.5 Å². The van der Waals surface area contributed by atoms with Gasteiger partial charge in [0.2, 0.25) is 0 Å². The molecular formula is C14H14BrN3O2. The van der Waals surface area contributed by atoms with E-state index >= 15 is 0 Å². The van der Waals surface area contributed by atoms with Crippen molar-refractivity contribution in [2.75, 3.05) is 7.11 Å². The molecule has 0 unspecified atom stereocenters. The fourth-order valence-electron chi connectivity index (χ4n) is 2.16. The van der Waals surface area contributed by atoms with Crippen LogP contribution in [0.25, 0.3) is 16.9 Å². The molecule has 0 spiro atoms. The number of nitrogens with zero attached hydrogens (tertiary/aromatic N) is 2. The van der Waals surface area contributed by atoms with Crippen molar-refractivity contribution in [1.29, 1.82) is 0 Å². The van der Waals surface area contributed by atoms with Crippen LogP contribution in [0.4, 0.5) is 0 Å². The lowest BCUT2D eigenvalue weighted by Gasteiger charge is -2.03. The first kappa shape index (κ1) is 14.3. The summed E-state index contributed by atoms with van der Waals surface area (Å²) in [6.07, 6.45) is 5.60. The van der Waals surface area contributed by atoms with E-state index in [2.05, 4.69) is 4.98 Å². The van der Waals surface area contributed by atoms with Crippen molar-refractivity contribution in [3.05, 3.63) is 53.2 Å². The van der Waals surface area contributed by atoms with Crippen molar-refractivity contribution in [3.63, 3.8) is 0 Å². The molecule has 0 atom stereocenters. The van der Waals surface area contributed by atoms with Crippen molar-refractivity contribution >= 4 is 5.65 Å². The minimum atomic E-state index is -0.118. The van der Waals surface area contributed by atoms with Crippen LogP contribution in [0.15, 0.2) is 47.7 Å². The zero-order valence-corrected chi connectivity index (χ0v) is 12.7. The summed E-state index contributed by atoms with van der Waals surface area (Å²) in [5, 5.41) is 0. The first-order chi connectivity index (χ1) is 9.19. The van der Waals surface area contributed by atoms with Gasteiger partial charge in [0.15, 0.2) is 0 Å². The molecule has 0 saturated carbocycles. The third-order valence-electron chi connectivity index (χ3n) is 3.13. The van der Waals surface area contributed by atoms with Crippen LogP contribution in [0.2, 0.25) is 0 Å². The third-order valence-corrected chi connectivity index (χ3v) is 3.13. The maximum absolute atomic E-state index is 12.1. The SMILES string of the molecule is COc1cccc(-c2cn3cc[n+](C)c3c(=O)[nH]2)c1.[Br-]. The Morgan fingerprint density at radius 2 is 2.15 bits per heavy atom. The molecular weight excluding hydrogens is 322 g/mol. The lowest BCUT2D eigenvalue weighted by molar-refractivity contribution is -0.645. The topological polar surface area (TPSA) is 50.4 Å². The number of nitrogens with one attached hydrogen (secondary N) is 1. The molecule has 0 aliphatic heterocycles. The Morgan fingerprint density at radius 3 is 2.90 bits per heavy atom. The van der Waals surface area contributed by atoms with E-state index in [4.69, 9.17) is 4.74 Å². The van der Waals surface area contributed by atoms with E-state index in [1.165, 1.54) is 0 Å². The molecule has 2 heterocycles. The summed E-state index contributed by atoms with van der Waals surface area (Å²) in [6.45, 7) is 0. The molecule has 0 saturated heterocycles. The normalized spacial score (nSPS) is 10.3. The maximum Gasteiger partial charge on any atom is 0.352 e. The zero-order chi connectivity index (χ0) is 13.4. The molecule has 1 N–H and O–H groups in total. The van der Waals surface area contributed by atoms with Gasteiger partial charge in [-0.15, -0.1) is 0 Å². The summed E-state index contributed by atoms with van der Waals surface area (Å²) in [7, 11) is 3.47. The van der Waals surface area contributed by atoms with Gasteiger partial charge in [-0.2, -0.15) is 4.40 Å². The highest BCUT2D eigenvalue weighted by atomic mass is 79.9. The first-order valence-electron chi connectivity index (χ1n) is 5.93. The molecule has 3 rings (SSSR count). The van der Waals surface area contributed by atoms with Gasteiger partial charge in [-0.05, 0) is 12.1 Å². The monoisotopic (exact) mass is 335 g/mol. The number of methoxy groups -OCH3 is 1. The number of aromatic amines is 1. The molecule has 0 aliphatic carbocycles. The number of halogens is 1. The summed E-state index contributed by atoms with van der Waals surface area (Å²) in [5.41, 5.74) is 2.15. The fourth-order valence-corrected chi connectivity index (χ4v) is 2.16. The molecule has 0 amide bonds. The Kier molecular flexibility index (Phi) is 3.94. The molecule has 6 heteroatoms. The lowest BCUT2D eigenvalue weighted by atomic mass is 10.1.